The molecule has 1 aliphatic carbocycles. The minimum atomic E-state index is 0.0545. The zero-order valence-electron chi connectivity index (χ0n) is 15.2. The van der Waals surface area contributed by atoms with Gasteiger partial charge in [-0.15, -0.1) is 11.8 Å². The maximum absolute atomic E-state index is 12.8. The number of thioether (sulfide) groups is 1. The highest BCUT2D eigenvalue weighted by Gasteiger charge is 2.43. The summed E-state index contributed by atoms with van der Waals surface area (Å²) in [4.78, 5) is 13.6. The first-order chi connectivity index (χ1) is 12.6. The van der Waals surface area contributed by atoms with Crippen LogP contribution in [0.25, 0.3) is 5.57 Å². The van der Waals surface area contributed by atoms with Gasteiger partial charge in [0.25, 0.3) is 0 Å². The van der Waals surface area contributed by atoms with E-state index in [4.69, 9.17) is 4.74 Å². The van der Waals surface area contributed by atoms with Gasteiger partial charge >= 0.3 is 0 Å². The zero-order valence-corrected chi connectivity index (χ0v) is 16.0. The van der Waals surface area contributed by atoms with Crippen LogP contribution in [0.4, 0.5) is 0 Å². The SMILES string of the molecule is COc1ccc([C@@H]2C[C@H]2C(=O)C/C(SC)=C(\C#N)c2cccn2C)cc1. The number of Topliss-reactive ketones (excluding diaryl/α,β-unsaturated/α-hetero) is 1. The van der Waals surface area contributed by atoms with Crippen LogP contribution < -0.4 is 4.74 Å². The topological polar surface area (TPSA) is 55.0 Å². The Kier molecular flexibility index (Phi) is 5.53. The van der Waals surface area contributed by atoms with E-state index in [2.05, 4.69) is 6.07 Å². The molecule has 0 N–H and O–H groups in total. The Labute approximate surface area is 158 Å². The van der Waals surface area contributed by atoms with E-state index in [1.807, 2.05) is 60.5 Å². The number of methoxy groups -OCH3 is 1. The fourth-order valence-electron chi connectivity index (χ4n) is 3.31. The van der Waals surface area contributed by atoms with Crippen molar-refractivity contribution in [3.8, 4) is 11.8 Å². The second-order valence-corrected chi connectivity index (χ2v) is 7.38. The minimum absolute atomic E-state index is 0.0545. The highest BCUT2D eigenvalue weighted by molar-refractivity contribution is 8.02. The van der Waals surface area contributed by atoms with E-state index in [0.29, 0.717) is 12.0 Å². The second-order valence-electron chi connectivity index (χ2n) is 6.48. The minimum Gasteiger partial charge on any atom is -0.497 e. The molecule has 1 saturated carbocycles. The van der Waals surface area contributed by atoms with Crippen LogP contribution in [-0.4, -0.2) is 23.7 Å². The summed E-state index contributed by atoms with van der Waals surface area (Å²) >= 11 is 1.49. The van der Waals surface area contributed by atoms with Crippen LogP contribution in [0, 0.1) is 17.2 Å². The molecule has 0 radical (unpaired) electrons. The number of benzene rings is 1. The molecule has 26 heavy (non-hydrogen) atoms. The molecule has 0 saturated heterocycles. The molecule has 0 bridgehead atoms. The summed E-state index contributed by atoms with van der Waals surface area (Å²) in [6.07, 6.45) is 5.05. The van der Waals surface area contributed by atoms with Gasteiger partial charge in [0.15, 0.2) is 0 Å². The first-order valence-corrected chi connectivity index (χ1v) is 9.77. The van der Waals surface area contributed by atoms with E-state index >= 15 is 0 Å². The Hall–Kier alpha value is -2.45. The van der Waals surface area contributed by atoms with E-state index in [9.17, 15) is 10.1 Å². The van der Waals surface area contributed by atoms with Crippen molar-refractivity contribution in [2.75, 3.05) is 13.4 Å². The second kappa shape index (κ2) is 7.84. The van der Waals surface area contributed by atoms with Crippen LogP contribution >= 0.6 is 11.8 Å². The molecule has 1 aliphatic rings. The molecule has 134 valence electrons. The highest BCUT2D eigenvalue weighted by atomic mass is 32.2. The molecule has 2 aromatic rings. The molecule has 0 unspecified atom stereocenters. The van der Waals surface area contributed by atoms with E-state index in [1.165, 1.54) is 17.3 Å². The number of carbonyl (C=O) groups is 1. The monoisotopic (exact) mass is 366 g/mol. The Morgan fingerprint density at radius 3 is 2.62 bits per heavy atom. The van der Waals surface area contributed by atoms with Crippen molar-refractivity contribution in [1.29, 1.82) is 5.26 Å². The Morgan fingerprint density at radius 1 is 1.35 bits per heavy atom. The standard InChI is InChI=1S/C21H22N2O2S/c1-23-10-4-5-19(23)18(13-22)21(26-3)12-20(24)17-11-16(17)14-6-8-15(25-2)9-7-14/h4-10,16-17H,11-12H2,1-3H3/b21-18-/t16-,17+/m0/s1. The number of nitrogens with zero attached hydrogens (tertiary/aromatic N) is 2. The first-order valence-electron chi connectivity index (χ1n) is 8.54. The third kappa shape index (κ3) is 3.71. The van der Waals surface area contributed by atoms with Gasteiger partial charge in [-0.1, -0.05) is 12.1 Å². The van der Waals surface area contributed by atoms with E-state index in [-0.39, 0.29) is 17.6 Å². The lowest BCUT2D eigenvalue weighted by Gasteiger charge is -2.09. The number of ether oxygens (including phenoxy) is 1. The lowest BCUT2D eigenvalue weighted by Crippen LogP contribution is -2.05. The summed E-state index contributed by atoms with van der Waals surface area (Å²) in [6.45, 7) is 0. The predicted octanol–water partition coefficient (Wildman–Crippen LogP) is 4.39. The first kappa shape index (κ1) is 18.3. The molecule has 1 heterocycles. The molecule has 0 aliphatic heterocycles. The number of hydrogen-bond acceptors (Lipinski definition) is 4. The lowest BCUT2D eigenvalue weighted by molar-refractivity contribution is -0.119. The average Bonchev–Trinajstić information content (AvgIpc) is 3.37. The van der Waals surface area contributed by atoms with Crippen molar-refractivity contribution in [3.05, 3.63) is 58.8 Å². The number of carbonyl (C=O) groups excluding carboxylic acids is 1. The largest absolute Gasteiger partial charge is 0.497 e. The van der Waals surface area contributed by atoms with Crippen molar-refractivity contribution in [3.63, 3.8) is 0 Å². The van der Waals surface area contributed by atoms with Crippen molar-refractivity contribution in [2.24, 2.45) is 13.0 Å². The predicted molar refractivity (Wildman–Crippen MR) is 105 cm³/mol. The van der Waals surface area contributed by atoms with E-state index in [0.717, 1.165) is 22.8 Å². The summed E-state index contributed by atoms with van der Waals surface area (Å²) in [5.41, 5.74) is 2.63. The fourth-order valence-corrected chi connectivity index (χ4v) is 3.95. The number of hydrogen-bond donors (Lipinski definition) is 0. The third-order valence-corrected chi connectivity index (χ3v) is 5.76. The molecule has 5 heteroatoms. The van der Waals surface area contributed by atoms with Crippen LogP contribution in [0.1, 0.15) is 30.0 Å². The average molecular weight is 366 g/mol. The summed E-state index contributed by atoms with van der Waals surface area (Å²) < 4.78 is 7.10. The van der Waals surface area contributed by atoms with Crippen LogP contribution in [0.5, 0.6) is 5.75 Å². The van der Waals surface area contributed by atoms with Crippen LogP contribution in [0.15, 0.2) is 47.5 Å². The summed E-state index contributed by atoms with van der Waals surface area (Å²) in [5.74, 6) is 1.39. The molecule has 1 aromatic heterocycles. The zero-order chi connectivity index (χ0) is 18.7. The Bertz CT molecular complexity index is 874. The third-order valence-electron chi connectivity index (χ3n) is 4.92. The number of nitriles is 1. The van der Waals surface area contributed by atoms with E-state index in [1.54, 1.807) is 7.11 Å². The summed E-state index contributed by atoms with van der Waals surface area (Å²) in [5, 5.41) is 9.61. The number of ketones is 1. The van der Waals surface area contributed by atoms with Crippen LogP contribution in [0.2, 0.25) is 0 Å². The number of aromatic nitrogens is 1. The van der Waals surface area contributed by atoms with Crippen molar-refractivity contribution in [2.45, 2.75) is 18.8 Å². The van der Waals surface area contributed by atoms with E-state index < -0.39 is 0 Å². The summed E-state index contributed by atoms with van der Waals surface area (Å²) in [6, 6.07) is 14.1. The summed E-state index contributed by atoms with van der Waals surface area (Å²) in [7, 11) is 3.56. The number of aryl methyl sites for hydroxylation is 1. The molecule has 0 amide bonds. The van der Waals surface area contributed by atoms with Gasteiger partial charge in [-0.05, 0) is 48.4 Å². The maximum atomic E-state index is 12.8. The van der Waals surface area contributed by atoms with Crippen LogP contribution in [0.3, 0.4) is 0 Å². The molecule has 3 rings (SSSR count). The van der Waals surface area contributed by atoms with Crippen molar-refractivity contribution >= 4 is 23.1 Å². The van der Waals surface area contributed by atoms with Gasteiger partial charge in [-0.2, -0.15) is 5.26 Å². The highest BCUT2D eigenvalue weighted by Crippen LogP contribution is 2.49. The maximum Gasteiger partial charge on any atom is 0.141 e. The van der Waals surface area contributed by atoms with Gasteiger partial charge in [0.1, 0.15) is 17.6 Å². The van der Waals surface area contributed by atoms with Crippen molar-refractivity contribution in [1.82, 2.24) is 4.57 Å². The molecule has 4 nitrogen and oxygen atoms in total. The normalized spacial score (nSPS) is 19.5. The number of allylic oxidation sites excluding steroid dienone is 2. The Morgan fingerprint density at radius 2 is 2.08 bits per heavy atom. The Balaban J connectivity index is 1.73. The van der Waals surface area contributed by atoms with Gasteiger partial charge in [-0.25, -0.2) is 0 Å². The molecule has 2 atom stereocenters. The van der Waals surface area contributed by atoms with Gasteiger partial charge in [-0.3, -0.25) is 4.79 Å². The van der Waals surface area contributed by atoms with Gasteiger partial charge < -0.3 is 9.30 Å². The van der Waals surface area contributed by atoms with Crippen LogP contribution in [-0.2, 0) is 11.8 Å². The van der Waals surface area contributed by atoms with Gasteiger partial charge in [0, 0.05) is 30.5 Å². The molecular weight excluding hydrogens is 344 g/mol. The molecule has 1 fully saturated rings. The quantitative estimate of drug-likeness (QED) is 0.682. The molecule has 1 aromatic carbocycles. The molecule has 0 spiro atoms. The lowest BCUT2D eigenvalue weighted by atomic mass is 10.0. The fraction of sp³-hybridized carbons (Fsp3) is 0.333. The number of rotatable bonds is 7. The molecular formula is C21H22N2O2S. The van der Waals surface area contributed by atoms with Gasteiger partial charge in [0.05, 0.1) is 18.4 Å². The van der Waals surface area contributed by atoms with Gasteiger partial charge in [0.2, 0.25) is 0 Å². The van der Waals surface area contributed by atoms with Crippen molar-refractivity contribution < 1.29 is 9.53 Å². The smallest absolute Gasteiger partial charge is 0.141 e.